The molecule has 4 N–H and O–H groups in total. The number of ether oxygens (including phenoxy) is 1. The third-order valence-electron chi connectivity index (χ3n) is 9.99. The van der Waals surface area contributed by atoms with E-state index in [2.05, 4.69) is 16.0 Å². The Balaban J connectivity index is 1.50. The molecule has 4 aromatic rings. The van der Waals surface area contributed by atoms with E-state index in [0.717, 1.165) is 22.3 Å². The number of hydrogen-bond donors (Lipinski definition) is 4. The van der Waals surface area contributed by atoms with Gasteiger partial charge >= 0.3 is 12.1 Å². The van der Waals surface area contributed by atoms with Crippen LogP contribution >= 0.6 is 23.5 Å². The normalized spacial score (nSPS) is 15.4. The van der Waals surface area contributed by atoms with Crippen LogP contribution < -0.4 is 20.9 Å². The molecule has 0 aliphatic carbocycles. The number of alkyl carbamates (subject to hydrolysis) is 1. The van der Waals surface area contributed by atoms with Gasteiger partial charge in [-0.3, -0.25) is 19.3 Å². The molecule has 5 rings (SSSR count). The Bertz CT molecular complexity index is 1970. The van der Waals surface area contributed by atoms with Crippen molar-refractivity contribution >= 4 is 59.0 Å². The quantitative estimate of drug-likeness (QED) is 0.0822. The molecule has 1 unspecified atom stereocenters. The fourth-order valence-corrected chi connectivity index (χ4v) is 9.19. The van der Waals surface area contributed by atoms with Gasteiger partial charge in [0.05, 0.1) is 4.75 Å². The lowest BCUT2D eigenvalue weighted by Gasteiger charge is -2.37. The van der Waals surface area contributed by atoms with E-state index < -0.39 is 70.2 Å². The number of carbonyl (C=O) groups excluding carboxylic acids is 4. The van der Waals surface area contributed by atoms with E-state index in [1.54, 1.807) is 46.8 Å². The van der Waals surface area contributed by atoms with Gasteiger partial charge in [0.15, 0.2) is 0 Å². The van der Waals surface area contributed by atoms with E-state index >= 15 is 0 Å². The molecular formula is C46H54N4O7S2. The van der Waals surface area contributed by atoms with Crippen LogP contribution in [-0.2, 0) is 35.1 Å². The van der Waals surface area contributed by atoms with Crippen LogP contribution in [-0.4, -0.2) is 82.4 Å². The van der Waals surface area contributed by atoms with Crippen LogP contribution in [0.15, 0.2) is 115 Å². The summed E-state index contributed by atoms with van der Waals surface area (Å²) in [5, 5.41) is 18.3. The minimum Gasteiger partial charge on any atom is -0.480 e. The molecule has 59 heavy (non-hydrogen) atoms. The zero-order valence-electron chi connectivity index (χ0n) is 34.3. The molecule has 0 saturated heterocycles. The number of rotatable bonds is 17. The predicted molar refractivity (Wildman–Crippen MR) is 236 cm³/mol. The minimum absolute atomic E-state index is 0.0625. The van der Waals surface area contributed by atoms with Crippen LogP contribution in [0.1, 0.15) is 63.3 Å². The topological polar surface area (TPSA) is 154 Å². The summed E-state index contributed by atoms with van der Waals surface area (Å²) in [7, 11) is 0. The number of benzene rings is 4. The molecule has 4 aromatic carbocycles. The first-order valence-corrected chi connectivity index (χ1v) is 22.1. The molecule has 0 saturated carbocycles. The zero-order valence-corrected chi connectivity index (χ0v) is 36.0. The van der Waals surface area contributed by atoms with E-state index in [1.165, 1.54) is 28.4 Å². The maximum Gasteiger partial charge on any atom is 0.408 e. The monoisotopic (exact) mass is 838 g/mol. The number of fused-ring (bicyclic) bond motifs is 1. The second kappa shape index (κ2) is 20.1. The van der Waals surface area contributed by atoms with Gasteiger partial charge in [0.1, 0.15) is 29.8 Å². The molecule has 4 atom stereocenters. The fraction of sp³-hybridized carbons (Fsp3) is 0.370. The zero-order chi connectivity index (χ0) is 42.7. The van der Waals surface area contributed by atoms with Gasteiger partial charge < -0.3 is 25.8 Å². The first-order chi connectivity index (χ1) is 28.2. The van der Waals surface area contributed by atoms with Gasteiger partial charge in [-0.2, -0.15) is 11.8 Å². The van der Waals surface area contributed by atoms with Crippen molar-refractivity contribution in [2.75, 3.05) is 22.7 Å². The third kappa shape index (κ3) is 11.1. The third-order valence-corrected chi connectivity index (χ3v) is 12.3. The van der Waals surface area contributed by atoms with Gasteiger partial charge in [-0.1, -0.05) is 123 Å². The number of nitrogens with zero attached hydrogens (tertiary/aromatic N) is 1. The highest BCUT2D eigenvalue weighted by Gasteiger charge is 2.44. The van der Waals surface area contributed by atoms with Crippen molar-refractivity contribution in [3.05, 3.63) is 138 Å². The van der Waals surface area contributed by atoms with Crippen molar-refractivity contribution in [3.63, 3.8) is 0 Å². The first kappa shape index (κ1) is 44.8. The molecule has 0 spiro atoms. The smallest absolute Gasteiger partial charge is 0.408 e. The maximum absolute atomic E-state index is 14.8. The van der Waals surface area contributed by atoms with E-state index in [1.807, 2.05) is 109 Å². The van der Waals surface area contributed by atoms with Crippen LogP contribution in [0.5, 0.6) is 0 Å². The van der Waals surface area contributed by atoms with Gasteiger partial charge in [-0.15, -0.1) is 11.8 Å². The van der Waals surface area contributed by atoms with Gasteiger partial charge in [-0.25, -0.2) is 9.59 Å². The lowest BCUT2D eigenvalue weighted by Crippen LogP contribution is -2.60. The first-order valence-electron chi connectivity index (χ1n) is 19.7. The minimum atomic E-state index is -1.18. The Morgan fingerprint density at radius 1 is 0.763 bits per heavy atom. The maximum atomic E-state index is 14.8. The molecule has 1 aliphatic rings. The summed E-state index contributed by atoms with van der Waals surface area (Å²) in [6, 6.07) is 32.5. The van der Waals surface area contributed by atoms with Crippen LogP contribution in [0.3, 0.4) is 0 Å². The number of hydrogen-bond acceptors (Lipinski definition) is 8. The predicted octanol–water partition coefficient (Wildman–Crippen LogP) is 7.03. The fourth-order valence-electron chi connectivity index (χ4n) is 7.16. The SMILES string of the molecule is CSCC[C@@H](NC(=O)C1Cc2ccccc2N1C(=O)[C@@H](NC(=O)[C@H](CSC(c1ccccc1)(c1ccccc1)c1ccccc1)NC(=O)OC(C)(C)C)C(C)C)C(=O)O. The molecule has 0 fully saturated rings. The van der Waals surface area contributed by atoms with Crippen molar-refractivity contribution in [2.24, 2.45) is 5.92 Å². The lowest BCUT2D eigenvalue weighted by molar-refractivity contribution is -0.142. The van der Waals surface area contributed by atoms with E-state index in [0.29, 0.717) is 11.4 Å². The van der Waals surface area contributed by atoms with Crippen LogP contribution in [0.4, 0.5) is 10.5 Å². The Morgan fingerprint density at radius 2 is 1.29 bits per heavy atom. The molecule has 312 valence electrons. The molecular weight excluding hydrogens is 785 g/mol. The Kier molecular flexibility index (Phi) is 15.3. The van der Waals surface area contributed by atoms with E-state index in [4.69, 9.17) is 4.74 Å². The van der Waals surface area contributed by atoms with Gasteiger partial charge in [0.25, 0.3) is 5.91 Å². The van der Waals surface area contributed by atoms with Crippen molar-refractivity contribution in [2.45, 2.75) is 82.0 Å². The summed E-state index contributed by atoms with van der Waals surface area (Å²) < 4.78 is 4.81. The van der Waals surface area contributed by atoms with Crippen molar-refractivity contribution in [1.82, 2.24) is 16.0 Å². The molecule has 0 bridgehead atoms. The van der Waals surface area contributed by atoms with Gasteiger partial charge in [-0.05, 0) is 73.4 Å². The number of carbonyl (C=O) groups is 5. The number of thioether (sulfide) groups is 2. The van der Waals surface area contributed by atoms with Crippen LogP contribution in [0.25, 0.3) is 0 Å². The van der Waals surface area contributed by atoms with Crippen LogP contribution in [0, 0.1) is 5.92 Å². The molecule has 1 aliphatic heterocycles. The largest absolute Gasteiger partial charge is 0.480 e. The van der Waals surface area contributed by atoms with E-state index in [9.17, 15) is 29.1 Å². The van der Waals surface area contributed by atoms with Crippen molar-refractivity contribution in [1.29, 1.82) is 0 Å². The molecule has 1 heterocycles. The Morgan fingerprint density at radius 3 is 1.78 bits per heavy atom. The van der Waals surface area contributed by atoms with Crippen molar-refractivity contribution < 1.29 is 33.8 Å². The summed E-state index contributed by atoms with van der Waals surface area (Å²) in [4.78, 5) is 70.2. The average molecular weight is 839 g/mol. The van der Waals surface area contributed by atoms with E-state index in [-0.39, 0.29) is 18.6 Å². The number of aliphatic carboxylic acids is 1. The highest BCUT2D eigenvalue weighted by Crippen LogP contribution is 2.48. The average Bonchev–Trinajstić information content (AvgIpc) is 3.61. The number of carboxylic acids is 1. The summed E-state index contributed by atoms with van der Waals surface area (Å²) in [5.74, 6) is -2.79. The van der Waals surface area contributed by atoms with Crippen LogP contribution in [0.2, 0.25) is 0 Å². The summed E-state index contributed by atoms with van der Waals surface area (Å²) in [6.07, 6.45) is 1.44. The number of nitrogens with one attached hydrogen (secondary N) is 3. The summed E-state index contributed by atoms with van der Waals surface area (Å²) >= 11 is 2.94. The van der Waals surface area contributed by atoms with Crippen molar-refractivity contribution in [3.8, 4) is 0 Å². The summed E-state index contributed by atoms with van der Waals surface area (Å²) in [6.45, 7) is 8.78. The highest BCUT2D eigenvalue weighted by molar-refractivity contribution is 8.00. The standard InChI is InChI=1S/C46H54N4O7S2/c1-30(2)39(42(53)50-37-25-17-16-18-31(37)28-38(50)41(52)47-35(43(54)55)26-27-58-6)49-40(51)36(48-44(56)57-45(3,4)5)29-59-46(32-19-10-7-11-20-32,33-21-12-8-13-22-33)34-23-14-9-15-24-34/h7-25,30,35-36,38-39H,26-29H2,1-6H3,(H,47,52)(H,48,56)(H,49,51)(H,54,55)/t35-,36+,38?,39+/m1/s1. The molecule has 4 amide bonds. The number of amides is 4. The molecule has 11 nitrogen and oxygen atoms in total. The second-order valence-corrected chi connectivity index (χ2v) is 18.0. The molecule has 0 aromatic heterocycles. The Labute approximate surface area is 355 Å². The number of carboxylic acid groups (broad SMARTS) is 1. The number of anilines is 1. The Hall–Kier alpha value is -5.27. The summed E-state index contributed by atoms with van der Waals surface area (Å²) in [5.41, 5.74) is 3.28. The highest BCUT2D eigenvalue weighted by atomic mass is 32.2. The lowest BCUT2D eigenvalue weighted by atomic mass is 9.84. The van der Waals surface area contributed by atoms with Gasteiger partial charge in [0.2, 0.25) is 11.8 Å². The number of para-hydroxylation sites is 1. The second-order valence-electron chi connectivity index (χ2n) is 15.8. The molecule has 0 radical (unpaired) electrons. The molecule has 13 heteroatoms. The van der Waals surface area contributed by atoms with Gasteiger partial charge in [0, 0.05) is 17.9 Å².